The van der Waals surface area contributed by atoms with E-state index in [-0.39, 0.29) is 37.1 Å². The number of hydrogen-bond acceptors (Lipinski definition) is 3. The molecular formula is C19H20F6N4O. The molecule has 1 aromatic carbocycles. The van der Waals surface area contributed by atoms with Gasteiger partial charge in [-0.2, -0.15) is 13.2 Å². The van der Waals surface area contributed by atoms with Gasteiger partial charge >= 0.3 is 6.18 Å². The Bertz CT molecular complexity index is 971. The van der Waals surface area contributed by atoms with Crippen LogP contribution in [0.3, 0.4) is 0 Å². The number of rotatable bonds is 4. The minimum atomic E-state index is -4.61. The number of nitrogens with two attached hydrogens (primary N) is 1. The van der Waals surface area contributed by atoms with Gasteiger partial charge in [-0.25, -0.2) is 18.2 Å². The Kier molecular flexibility index (Phi) is 5.85. The highest BCUT2D eigenvalue weighted by atomic mass is 19.4. The monoisotopic (exact) mass is 434 g/mol. The predicted molar refractivity (Wildman–Crippen MR) is 94.7 cm³/mol. The zero-order chi connectivity index (χ0) is 22.4. The second-order valence-electron chi connectivity index (χ2n) is 7.36. The molecule has 2 heterocycles. The number of carbonyl (C=O) groups excluding carboxylic acids is 1. The van der Waals surface area contributed by atoms with E-state index < -0.39 is 47.4 Å². The van der Waals surface area contributed by atoms with E-state index >= 15 is 0 Å². The summed E-state index contributed by atoms with van der Waals surface area (Å²) in [7, 11) is 1.28. The first-order chi connectivity index (χ1) is 13.9. The van der Waals surface area contributed by atoms with Gasteiger partial charge in [0.25, 0.3) is 0 Å². The molecule has 0 bridgehead atoms. The maximum absolute atomic E-state index is 13.8. The van der Waals surface area contributed by atoms with Gasteiger partial charge < -0.3 is 15.2 Å². The number of amides is 1. The van der Waals surface area contributed by atoms with Crippen LogP contribution < -0.4 is 5.73 Å². The van der Waals surface area contributed by atoms with Crippen molar-refractivity contribution in [2.75, 3.05) is 6.54 Å². The van der Waals surface area contributed by atoms with E-state index in [1.54, 1.807) is 6.92 Å². The number of hydrogen-bond donors (Lipinski definition) is 1. The molecule has 1 aromatic heterocycles. The number of imidazole rings is 1. The van der Waals surface area contributed by atoms with E-state index in [2.05, 4.69) is 4.98 Å². The Morgan fingerprint density at radius 3 is 2.50 bits per heavy atom. The average molecular weight is 434 g/mol. The van der Waals surface area contributed by atoms with Crippen molar-refractivity contribution in [3.05, 3.63) is 52.4 Å². The van der Waals surface area contributed by atoms with Crippen LogP contribution in [0.4, 0.5) is 26.3 Å². The first kappa shape index (κ1) is 22.1. The van der Waals surface area contributed by atoms with Crippen LogP contribution in [0.1, 0.15) is 42.2 Å². The number of halogens is 6. The fraction of sp³-hybridized carbons (Fsp3) is 0.474. The van der Waals surface area contributed by atoms with Gasteiger partial charge in [0.15, 0.2) is 11.6 Å². The Hall–Kier alpha value is -2.56. The molecule has 1 aliphatic heterocycles. The van der Waals surface area contributed by atoms with Crippen LogP contribution in [0.25, 0.3) is 0 Å². The van der Waals surface area contributed by atoms with Gasteiger partial charge in [0.2, 0.25) is 11.7 Å². The maximum atomic E-state index is 13.8. The molecule has 2 unspecified atom stereocenters. The molecule has 0 radical (unpaired) electrons. The minimum Gasteiger partial charge on any atom is -0.334 e. The van der Waals surface area contributed by atoms with Crippen molar-refractivity contribution in [3.8, 4) is 0 Å². The predicted octanol–water partition coefficient (Wildman–Crippen LogP) is 3.26. The summed E-state index contributed by atoms with van der Waals surface area (Å²) in [5.74, 6) is -4.99. The molecule has 30 heavy (non-hydrogen) atoms. The average Bonchev–Trinajstić information content (AvgIpc) is 2.98. The molecule has 0 saturated carbocycles. The molecule has 2 atom stereocenters. The lowest BCUT2D eigenvalue weighted by atomic mass is 10.00. The number of fused-ring (bicyclic) bond motifs is 1. The van der Waals surface area contributed by atoms with Crippen LogP contribution in [0, 0.1) is 17.5 Å². The Balaban J connectivity index is 1.72. The highest BCUT2D eigenvalue weighted by molar-refractivity contribution is 5.77. The van der Waals surface area contributed by atoms with Gasteiger partial charge in [-0.1, -0.05) is 0 Å². The van der Waals surface area contributed by atoms with Gasteiger partial charge in [0.05, 0.1) is 11.7 Å². The van der Waals surface area contributed by atoms with Crippen LogP contribution in [-0.2, 0) is 30.9 Å². The Labute approximate surface area is 168 Å². The third kappa shape index (κ3) is 4.16. The molecule has 2 N–H and O–H groups in total. The molecule has 1 amide bonds. The van der Waals surface area contributed by atoms with Gasteiger partial charge in [0, 0.05) is 44.2 Å². The lowest BCUT2D eigenvalue weighted by Crippen LogP contribution is -2.42. The summed E-state index contributed by atoms with van der Waals surface area (Å²) in [6, 6.07) is -0.486. The van der Waals surface area contributed by atoms with E-state index in [1.165, 1.54) is 11.9 Å². The summed E-state index contributed by atoms with van der Waals surface area (Å²) in [6.45, 7) is 1.75. The lowest BCUT2D eigenvalue weighted by molar-refractivity contribution is -0.146. The second kappa shape index (κ2) is 7.93. The van der Waals surface area contributed by atoms with Crippen LogP contribution >= 0.6 is 0 Å². The molecule has 2 aromatic rings. The molecule has 3 rings (SSSR count). The summed E-state index contributed by atoms with van der Waals surface area (Å²) >= 11 is 0. The highest BCUT2D eigenvalue weighted by Crippen LogP contribution is 2.35. The van der Waals surface area contributed by atoms with Crippen molar-refractivity contribution in [2.24, 2.45) is 12.8 Å². The molecule has 11 heteroatoms. The number of nitrogens with zero attached hydrogens (tertiary/aromatic N) is 3. The maximum Gasteiger partial charge on any atom is 0.449 e. The van der Waals surface area contributed by atoms with Gasteiger partial charge in [-0.15, -0.1) is 0 Å². The molecule has 5 nitrogen and oxygen atoms in total. The van der Waals surface area contributed by atoms with E-state index in [9.17, 15) is 31.1 Å². The van der Waals surface area contributed by atoms with Crippen molar-refractivity contribution in [1.29, 1.82) is 0 Å². The summed E-state index contributed by atoms with van der Waals surface area (Å²) in [4.78, 5) is 17.7. The lowest BCUT2D eigenvalue weighted by Gasteiger charge is -2.33. The smallest absolute Gasteiger partial charge is 0.334 e. The van der Waals surface area contributed by atoms with Gasteiger partial charge in [-0.05, 0) is 25.0 Å². The summed E-state index contributed by atoms with van der Waals surface area (Å²) < 4.78 is 80.5. The molecule has 0 fully saturated rings. The summed E-state index contributed by atoms with van der Waals surface area (Å²) in [5.41, 5.74) is 6.31. The third-order valence-electron chi connectivity index (χ3n) is 5.28. The van der Waals surface area contributed by atoms with Crippen molar-refractivity contribution in [1.82, 2.24) is 14.5 Å². The van der Waals surface area contributed by atoms with Crippen LogP contribution in [0.5, 0.6) is 0 Å². The zero-order valence-corrected chi connectivity index (χ0v) is 16.2. The van der Waals surface area contributed by atoms with Crippen molar-refractivity contribution >= 4 is 5.91 Å². The van der Waals surface area contributed by atoms with Gasteiger partial charge in [0.1, 0.15) is 5.82 Å². The fourth-order valence-electron chi connectivity index (χ4n) is 3.76. The fourth-order valence-corrected chi connectivity index (χ4v) is 3.76. The van der Waals surface area contributed by atoms with E-state index in [0.29, 0.717) is 17.8 Å². The van der Waals surface area contributed by atoms with Crippen molar-refractivity contribution < 1.29 is 31.1 Å². The first-order valence-electron chi connectivity index (χ1n) is 9.21. The molecular weight excluding hydrogens is 414 g/mol. The number of aromatic nitrogens is 2. The standard InChI is InChI=1S/C19H20F6N4O/c1-9-17-15(28(2)18(27-17)19(23,24)25)3-4-29(9)16(30)7-11(26)5-10-6-13(21)14(22)8-12(10)20/h6,8-9,11H,3-5,7,26H2,1-2H3. The zero-order valence-electron chi connectivity index (χ0n) is 16.2. The van der Waals surface area contributed by atoms with E-state index in [4.69, 9.17) is 5.73 Å². The van der Waals surface area contributed by atoms with Gasteiger partial charge in [-0.3, -0.25) is 4.79 Å². The van der Waals surface area contributed by atoms with Crippen molar-refractivity contribution in [3.63, 3.8) is 0 Å². The normalized spacial score (nSPS) is 17.8. The molecule has 0 saturated heterocycles. The third-order valence-corrected chi connectivity index (χ3v) is 5.28. The summed E-state index contributed by atoms with van der Waals surface area (Å²) in [6.07, 6.45) is -4.86. The molecule has 0 aliphatic carbocycles. The largest absolute Gasteiger partial charge is 0.449 e. The molecule has 1 aliphatic rings. The van der Waals surface area contributed by atoms with E-state index in [1.807, 2.05) is 0 Å². The second-order valence-corrected chi connectivity index (χ2v) is 7.36. The van der Waals surface area contributed by atoms with Crippen LogP contribution in [-0.4, -0.2) is 32.9 Å². The number of carbonyl (C=O) groups is 1. The Morgan fingerprint density at radius 1 is 1.23 bits per heavy atom. The molecule has 0 spiro atoms. The minimum absolute atomic E-state index is 0.164. The van der Waals surface area contributed by atoms with Crippen LogP contribution in [0.15, 0.2) is 12.1 Å². The molecule has 164 valence electrons. The topological polar surface area (TPSA) is 64.2 Å². The quantitative estimate of drug-likeness (QED) is 0.594. The first-order valence-corrected chi connectivity index (χ1v) is 9.21. The number of alkyl halides is 3. The Morgan fingerprint density at radius 2 is 1.87 bits per heavy atom. The number of benzene rings is 1. The van der Waals surface area contributed by atoms with Crippen LogP contribution in [0.2, 0.25) is 0 Å². The summed E-state index contributed by atoms with van der Waals surface area (Å²) in [5, 5.41) is 0. The highest BCUT2D eigenvalue weighted by Gasteiger charge is 2.41. The SMILES string of the molecule is CC1c2nc(C(F)(F)F)n(C)c2CCN1C(=O)CC(N)Cc1cc(F)c(F)cc1F. The van der Waals surface area contributed by atoms with Crippen molar-refractivity contribution in [2.45, 2.75) is 44.4 Å². The van der Waals surface area contributed by atoms with E-state index in [0.717, 1.165) is 4.57 Å².